The minimum atomic E-state index is -0.794. The number of anilines is 1. The minimum absolute atomic E-state index is 0.0600. The quantitative estimate of drug-likeness (QED) is 0.750. The van der Waals surface area contributed by atoms with Gasteiger partial charge in [0.05, 0.1) is 17.8 Å². The van der Waals surface area contributed by atoms with Gasteiger partial charge in [0.2, 0.25) is 5.91 Å². The third-order valence-electron chi connectivity index (χ3n) is 2.57. The normalized spacial score (nSPS) is 11.7. The molecule has 4 nitrogen and oxygen atoms in total. The number of carbonyl (C=O) groups excluding carboxylic acids is 1. The lowest BCUT2D eigenvalue weighted by Gasteiger charge is -2.27. The predicted octanol–water partition coefficient (Wildman–Crippen LogP) is 2.32. The molecule has 0 radical (unpaired) electrons. The van der Waals surface area contributed by atoms with Crippen molar-refractivity contribution < 1.29 is 9.90 Å². The lowest BCUT2D eigenvalue weighted by Crippen LogP contribution is -2.42. The van der Waals surface area contributed by atoms with Gasteiger partial charge in [-0.25, -0.2) is 0 Å². The molecule has 0 saturated carbocycles. The van der Waals surface area contributed by atoms with Gasteiger partial charge >= 0.3 is 0 Å². The van der Waals surface area contributed by atoms with E-state index in [2.05, 4.69) is 27.9 Å². The molecule has 0 bridgehead atoms. The van der Waals surface area contributed by atoms with Crippen LogP contribution in [0.3, 0.4) is 0 Å². The van der Waals surface area contributed by atoms with Crippen molar-refractivity contribution in [1.82, 2.24) is 4.90 Å². The van der Waals surface area contributed by atoms with Gasteiger partial charge in [0.1, 0.15) is 0 Å². The number of likely N-dealkylation sites (N-methyl/N-ethyl adjacent to an activating group) is 1. The smallest absolute Gasteiger partial charge is 0.238 e. The molecule has 1 aromatic carbocycles. The third-order valence-corrected chi connectivity index (χ3v) is 3.51. The molecule has 0 aliphatic heterocycles. The maximum atomic E-state index is 12.0. The highest BCUT2D eigenvalue weighted by molar-refractivity contribution is 14.1. The van der Waals surface area contributed by atoms with Crippen molar-refractivity contribution in [3.8, 4) is 0 Å². The van der Waals surface area contributed by atoms with Crippen molar-refractivity contribution in [2.75, 3.05) is 25.0 Å². The number of carbonyl (C=O) groups is 1. The van der Waals surface area contributed by atoms with Crippen LogP contribution in [0.15, 0.2) is 24.3 Å². The molecule has 0 aliphatic carbocycles. The van der Waals surface area contributed by atoms with E-state index in [9.17, 15) is 9.90 Å². The number of benzene rings is 1. The monoisotopic (exact) mass is 376 g/mol. The molecule has 0 spiro atoms. The molecule has 0 atom stereocenters. The summed E-state index contributed by atoms with van der Waals surface area (Å²) in [5.74, 6) is -0.0600. The molecule has 0 unspecified atom stereocenters. The number of hydrogen-bond donors (Lipinski definition) is 2. The topological polar surface area (TPSA) is 52.6 Å². The van der Waals surface area contributed by atoms with Crippen molar-refractivity contribution in [2.45, 2.75) is 26.4 Å². The van der Waals surface area contributed by atoms with E-state index in [-0.39, 0.29) is 12.5 Å². The van der Waals surface area contributed by atoms with Crippen LogP contribution in [-0.4, -0.2) is 41.1 Å². The Hall–Kier alpha value is -0.660. The number of aliphatic hydroxyl groups is 1. The molecule has 19 heavy (non-hydrogen) atoms. The molecule has 1 rings (SSSR count). The van der Waals surface area contributed by atoms with Crippen LogP contribution in [-0.2, 0) is 4.79 Å². The zero-order valence-corrected chi connectivity index (χ0v) is 13.8. The summed E-state index contributed by atoms with van der Waals surface area (Å²) in [7, 11) is 0. The number of nitrogens with zero attached hydrogens (tertiary/aromatic N) is 1. The van der Waals surface area contributed by atoms with Gasteiger partial charge in [0.15, 0.2) is 0 Å². The van der Waals surface area contributed by atoms with Crippen LogP contribution in [0.5, 0.6) is 0 Å². The Balaban J connectivity index is 2.57. The summed E-state index contributed by atoms with van der Waals surface area (Å²) < 4.78 is 1.01. The first-order valence-electron chi connectivity index (χ1n) is 6.31. The lowest BCUT2D eigenvalue weighted by atomic mass is 10.1. The van der Waals surface area contributed by atoms with Gasteiger partial charge in [-0.05, 0) is 55.1 Å². The first-order valence-corrected chi connectivity index (χ1v) is 7.39. The average molecular weight is 376 g/mol. The van der Waals surface area contributed by atoms with Gasteiger partial charge in [-0.1, -0.05) is 19.1 Å². The second kappa shape index (κ2) is 7.21. The SMILES string of the molecule is CCN(CC(=O)Nc1ccccc1I)CC(C)(C)O. The second-order valence-corrected chi connectivity index (χ2v) is 6.31. The summed E-state index contributed by atoms with van der Waals surface area (Å²) in [4.78, 5) is 13.9. The Kier molecular flexibility index (Phi) is 6.22. The number of amides is 1. The van der Waals surface area contributed by atoms with E-state index in [0.717, 1.165) is 15.8 Å². The summed E-state index contributed by atoms with van der Waals surface area (Å²) in [6, 6.07) is 7.66. The van der Waals surface area contributed by atoms with E-state index < -0.39 is 5.60 Å². The van der Waals surface area contributed by atoms with E-state index in [1.807, 2.05) is 36.1 Å². The average Bonchev–Trinajstić information content (AvgIpc) is 2.29. The molecule has 0 heterocycles. The minimum Gasteiger partial charge on any atom is -0.389 e. The Morgan fingerprint density at radius 2 is 2.05 bits per heavy atom. The molecule has 0 aromatic heterocycles. The van der Waals surface area contributed by atoms with E-state index in [0.29, 0.717) is 6.54 Å². The van der Waals surface area contributed by atoms with Gasteiger partial charge in [-0.15, -0.1) is 0 Å². The summed E-state index contributed by atoms with van der Waals surface area (Å²) in [6.07, 6.45) is 0. The van der Waals surface area contributed by atoms with Crippen LogP contribution in [0.4, 0.5) is 5.69 Å². The van der Waals surface area contributed by atoms with Crippen LogP contribution in [0.25, 0.3) is 0 Å². The van der Waals surface area contributed by atoms with Crippen LogP contribution < -0.4 is 5.32 Å². The predicted molar refractivity (Wildman–Crippen MR) is 86.2 cm³/mol. The number of para-hydroxylation sites is 1. The number of rotatable bonds is 6. The highest BCUT2D eigenvalue weighted by Crippen LogP contribution is 2.16. The molecule has 1 aromatic rings. The van der Waals surface area contributed by atoms with Gasteiger partial charge < -0.3 is 10.4 Å². The van der Waals surface area contributed by atoms with Crippen molar-refractivity contribution >= 4 is 34.2 Å². The standard InChI is InChI=1S/C14H21IN2O2/c1-4-17(10-14(2,3)19)9-13(18)16-12-8-6-5-7-11(12)15/h5-8,19H,4,9-10H2,1-3H3,(H,16,18). The number of halogens is 1. The molecular weight excluding hydrogens is 355 g/mol. The Bertz CT molecular complexity index is 430. The van der Waals surface area contributed by atoms with Gasteiger partial charge in [0, 0.05) is 10.1 Å². The van der Waals surface area contributed by atoms with E-state index >= 15 is 0 Å². The van der Waals surface area contributed by atoms with Crippen molar-refractivity contribution in [3.63, 3.8) is 0 Å². The van der Waals surface area contributed by atoms with E-state index in [1.54, 1.807) is 13.8 Å². The fraction of sp³-hybridized carbons (Fsp3) is 0.500. The fourth-order valence-electron chi connectivity index (χ4n) is 1.78. The van der Waals surface area contributed by atoms with Crippen molar-refractivity contribution in [1.29, 1.82) is 0 Å². The van der Waals surface area contributed by atoms with Crippen LogP contribution in [0.2, 0.25) is 0 Å². The molecule has 106 valence electrons. The Morgan fingerprint density at radius 3 is 2.58 bits per heavy atom. The first-order chi connectivity index (χ1) is 8.81. The summed E-state index contributed by atoms with van der Waals surface area (Å²) in [6.45, 7) is 6.95. The van der Waals surface area contributed by atoms with Crippen molar-refractivity contribution in [3.05, 3.63) is 27.8 Å². The summed E-state index contributed by atoms with van der Waals surface area (Å²) in [5.41, 5.74) is 0.0321. The van der Waals surface area contributed by atoms with Crippen molar-refractivity contribution in [2.24, 2.45) is 0 Å². The van der Waals surface area contributed by atoms with E-state index in [4.69, 9.17) is 0 Å². The molecule has 5 heteroatoms. The Labute approximate surface area is 128 Å². The fourth-order valence-corrected chi connectivity index (χ4v) is 2.30. The maximum absolute atomic E-state index is 12.0. The molecule has 2 N–H and O–H groups in total. The molecular formula is C14H21IN2O2. The zero-order valence-electron chi connectivity index (χ0n) is 11.6. The van der Waals surface area contributed by atoms with Gasteiger partial charge in [-0.3, -0.25) is 9.69 Å². The molecule has 0 saturated heterocycles. The highest BCUT2D eigenvalue weighted by Gasteiger charge is 2.19. The molecule has 0 aliphatic rings. The van der Waals surface area contributed by atoms with Crippen LogP contribution in [0.1, 0.15) is 20.8 Å². The molecule has 0 fully saturated rings. The van der Waals surface area contributed by atoms with Gasteiger partial charge in [0.25, 0.3) is 0 Å². The number of hydrogen-bond acceptors (Lipinski definition) is 3. The number of nitrogens with one attached hydrogen (secondary N) is 1. The maximum Gasteiger partial charge on any atom is 0.238 e. The Morgan fingerprint density at radius 1 is 1.42 bits per heavy atom. The second-order valence-electron chi connectivity index (χ2n) is 5.14. The largest absolute Gasteiger partial charge is 0.389 e. The summed E-state index contributed by atoms with van der Waals surface area (Å²) in [5, 5.41) is 12.7. The molecule has 1 amide bonds. The lowest BCUT2D eigenvalue weighted by molar-refractivity contribution is -0.117. The van der Waals surface area contributed by atoms with E-state index in [1.165, 1.54) is 0 Å². The van der Waals surface area contributed by atoms with Crippen LogP contribution in [0, 0.1) is 3.57 Å². The third kappa shape index (κ3) is 6.35. The summed E-state index contributed by atoms with van der Waals surface area (Å²) >= 11 is 2.19. The zero-order chi connectivity index (χ0) is 14.5. The highest BCUT2D eigenvalue weighted by atomic mass is 127. The van der Waals surface area contributed by atoms with Crippen LogP contribution >= 0.6 is 22.6 Å². The van der Waals surface area contributed by atoms with Gasteiger partial charge in [-0.2, -0.15) is 0 Å². The first kappa shape index (κ1) is 16.4.